The van der Waals surface area contributed by atoms with E-state index in [1.54, 1.807) is 12.4 Å². The fourth-order valence-corrected chi connectivity index (χ4v) is 4.01. The summed E-state index contributed by atoms with van der Waals surface area (Å²) in [5, 5.41) is 5.27. The number of pyridine rings is 1. The van der Waals surface area contributed by atoms with Gasteiger partial charge in [0.05, 0.1) is 10.3 Å². The molecular weight excluding hydrogens is 397 g/mol. The van der Waals surface area contributed by atoms with Crippen molar-refractivity contribution in [3.8, 4) is 23.2 Å². The molecule has 0 saturated carbocycles. The molecule has 4 rings (SSSR count). The first kappa shape index (κ1) is 20.0. The molecule has 3 N–H and O–H groups in total. The Morgan fingerprint density at radius 1 is 1.10 bits per heavy atom. The first-order valence-corrected chi connectivity index (χ1v) is 10.4. The Morgan fingerprint density at radius 3 is 2.67 bits per heavy atom. The quantitative estimate of drug-likeness (QED) is 0.463. The summed E-state index contributed by atoms with van der Waals surface area (Å²) < 4.78 is 13.4. The predicted octanol–water partition coefficient (Wildman–Crippen LogP) is 4.06. The van der Waals surface area contributed by atoms with E-state index in [-0.39, 0.29) is 6.04 Å². The molecule has 150 valence electrons. The number of alkyl halides is 1. The molecule has 0 aliphatic heterocycles. The van der Waals surface area contributed by atoms with E-state index in [0.717, 1.165) is 16.7 Å². The Hall–Kier alpha value is -3.34. The largest absolute Gasteiger partial charge is 0.367 e. The third-order valence-electron chi connectivity index (χ3n) is 4.52. The summed E-state index contributed by atoms with van der Waals surface area (Å²) in [5.74, 6) is 6.59. The van der Waals surface area contributed by atoms with E-state index in [1.165, 1.54) is 16.9 Å². The van der Waals surface area contributed by atoms with E-state index in [0.29, 0.717) is 29.3 Å². The van der Waals surface area contributed by atoms with Gasteiger partial charge in [-0.05, 0) is 24.1 Å². The number of halogens is 1. The highest BCUT2D eigenvalue weighted by Crippen LogP contribution is 2.32. The number of hydrogen-bond acceptors (Lipinski definition) is 6. The van der Waals surface area contributed by atoms with E-state index in [1.807, 2.05) is 35.7 Å². The van der Waals surface area contributed by atoms with Crippen LogP contribution in [0.2, 0.25) is 0 Å². The van der Waals surface area contributed by atoms with Crippen molar-refractivity contribution in [2.24, 2.45) is 5.73 Å². The molecule has 0 aliphatic rings. The Labute approximate surface area is 178 Å². The lowest BCUT2D eigenvalue weighted by Crippen LogP contribution is -2.31. The Bertz CT molecular complexity index is 1180. The van der Waals surface area contributed by atoms with Crippen molar-refractivity contribution < 1.29 is 4.39 Å². The standard InChI is InChI=1S/C23H20FN5S/c24-10-4-7-18-15-30-21-20(18)28-22(17-8-11-26-12-9-17)29-23(21)27-14-19(25)13-16-5-2-1-3-6-16/h1-3,5-6,8-9,11-12,15,19H,10,13-14,25H2,(H,27,28,29)/t19-/m0/s1. The fourth-order valence-electron chi connectivity index (χ4n) is 3.10. The van der Waals surface area contributed by atoms with Crippen LogP contribution in [0, 0.1) is 11.8 Å². The molecule has 0 fully saturated rings. The lowest BCUT2D eigenvalue weighted by Gasteiger charge is -2.14. The topological polar surface area (TPSA) is 76.7 Å². The third kappa shape index (κ3) is 4.62. The molecule has 3 heterocycles. The number of nitrogens with two attached hydrogens (primary N) is 1. The minimum absolute atomic E-state index is 0.0763. The second-order valence-electron chi connectivity index (χ2n) is 6.72. The normalized spacial score (nSPS) is 11.7. The SMILES string of the molecule is N[C@H](CNc1nc(-c2ccncc2)nc2c(C#CCF)csc12)Cc1ccccc1. The van der Waals surface area contributed by atoms with Gasteiger partial charge >= 0.3 is 0 Å². The summed E-state index contributed by atoms with van der Waals surface area (Å²) in [6.07, 6.45) is 4.16. The van der Waals surface area contributed by atoms with Crippen molar-refractivity contribution in [2.75, 3.05) is 18.5 Å². The van der Waals surface area contributed by atoms with Crippen molar-refractivity contribution >= 4 is 27.4 Å². The highest BCUT2D eigenvalue weighted by atomic mass is 32.1. The summed E-state index contributed by atoms with van der Waals surface area (Å²) in [4.78, 5) is 13.5. The number of rotatable bonds is 6. The average Bonchev–Trinajstić information content (AvgIpc) is 3.20. The monoisotopic (exact) mass is 417 g/mol. The van der Waals surface area contributed by atoms with E-state index in [4.69, 9.17) is 10.7 Å². The van der Waals surface area contributed by atoms with E-state index >= 15 is 0 Å². The molecule has 5 nitrogen and oxygen atoms in total. The second-order valence-corrected chi connectivity index (χ2v) is 7.60. The molecule has 0 unspecified atom stereocenters. The summed E-state index contributed by atoms with van der Waals surface area (Å²) in [6.45, 7) is -0.140. The van der Waals surface area contributed by atoms with Gasteiger partial charge in [-0.2, -0.15) is 0 Å². The van der Waals surface area contributed by atoms with Crippen molar-refractivity contribution in [1.29, 1.82) is 0 Å². The van der Waals surface area contributed by atoms with Crippen LogP contribution < -0.4 is 11.1 Å². The summed E-state index contributed by atoms with van der Waals surface area (Å²) >= 11 is 1.48. The van der Waals surface area contributed by atoms with Gasteiger partial charge in [0.25, 0.3) is 0 Å². The number of nitrogens with zero attached hydrogens (tertiary/aromatic N) is 3. The van der Waals surface area contributed by atoms with E-state index in [9.17, 15) is 4.39 Å². The number of nitrogens with one attached hydrogen (secondary N) is 1. The van der Waals surface area contributed by atoms with E-state index < -0.39 is 6.67 Å². The van der Waals surface area contributed by atoms with Crippen molar-refractivity contribution in [1.82, 2.24) is 15.0 Å². The summed E-state index contributed by atoms with van der Waals surface area (Å²) in [5.41, 5.74) is 9.79. The molecule has 30 heavy (non-hydrogen) atoms. The summed E-state index contributed by atoms with van der Waals surface area (Å²) in [6, 6.07) is 13.8. The van der Waals surface area contributed by atoms with Crippen LogP contribution in [0.1, 0.15) is 11.1 Å². The highest BCUT2D eigenvalue weighted by Gasteiger charge is 2.15. The molecule has 0 aliphatic carbocycles. The van der Waals surface area contributed by atoms with Crippen LogP contribution >= 0.6 is 11.3 Å². The number of thiophene rings is 1. The van der Waals surface area contributed by atoms with Crippen LogP contribution in [0.5, 0.6) is 0 Å². The van der Waals surface area contributed by atoms with E-state index in [2.05, 4.69) is 39.3 Å². The third-order valence-corrected chi connectivity index (χ3v) is 5.49. The van der Waals surface area contributed by atoms with Gasteiger partial charge in [-0.15, -0.1) is 11.3 Å². The lowest BCUT2D eigenvalue weighted by molar-refractivity contribution is 0.573. The van der Waals surface area contributed by atoms with Gasteiger partial charge in [0.2, 0.25) is 0 Å². The van der Waals surface area contributed by atoms with Crippen LogP contribution in [0.15, 0.2) is 60.2 Å². The Morgan fingerprint density at radius 2 is 1.90 bits per heavy atom. The smallest absolute Gasteiger partial charge is 0.162 e. The molecule has 0 bridgehead atoms. The van der Waals surface area contributed by atoms with Gasteiger partial charge in [0.15, 0.2) is 12.5 Å². The maximum Gasteiger partial charge on any atom is 0.162 e. The zero-order valence-corrected chi connectivity index (χ0v) is 17.0. The van der Waals surface area contributed by atoms with Gasteiger partial charge in [0.1, 0.15) is 11.3 Å². The molecule has 3 aromatic heterocycles. The van der Waals surface area contributed by atoms with Gasteiger partial charge in [-0.25, -0.2) is 14.4 Å². The molecule has 4 aromatic rings. The number of anilines is 1. The summed E-state index contributed by atoms with van der Waals surface area (Å²) in [7, 11) is 0. The Balaban J connectivity index is 1.64. The number of hydrogen-bond donors (Lipinski definition) is 2. The van der Waals surface area contributed by atoms with Crippen LogP contribution in [0.4, 0.5) is 10.2 Å². The molecule has 1 atom stereocenters. The lowest BCUT2D eigenvalue weighted by atomic mass is 10.1. The highest BCUT2D eigenvalue weighted by molar-refractivity contribution is 7.18. The minimum atomic E-state index is -0.695. The van der Waals surface area contributed by atoms with Crippen LogP contribution in [-0.2, 0) is 6.42 Å². The maximum absolute atomic E-state index is 12.6. The van der Waals surface area contributed by atoms with Gasteiger partial charge in [-0.3, -0.25) is 4.98 Å². The molecule has 7 heteroatoms. The number of benzene rings is 1. The molecular formula is C23H20FN5S. The average molecular weight is 418 g/mol. The molecule has 1 aromatic carbocycles. The molecule has 0 radical (unpaired) electrons. The van der Waals surface area contributed by atoms with Crippen molar-refractivity contribution in [3.63, 3.8) is 0 Å². The molecule has 0 spiro atoms. The first-order valence-electron chi connectivity index (χ1n) is 9.52. The Kier molecular flexibility index (Phi) is 6.28. The zero-order chi connectivity index (χ0) is 20.8. The molecule has 0 amide bonds. The number of aromatic nitrogens is 3. The van der Waals surface area contributed by atoms with Gasteiger partial charge < -0.3 is 11.1 Å². The van der Waals surface area contributed by atoms with Gasteiger partial charge in [-0.1, -0.05) is 42.2 Å². The van der Waals surface area contributed by atoms with Gasteiger partial charge in [0, 0.05) is 35.9 Å². The maximum atomic E-state index is 12.6. The zero-order valence-electron chi connectivity index (χ0n) is 16.2. The van der Waals surface area contributed by atoms with Crippen molar-refractivity contribution in [3.05, 3.63) is 71.4 Å². The second kappa shape index (κ2) is 9.44. The van der Waals surface area contributed by atoms with Crippen LogP contribution in [0.3, 0.4) is 0 Å². The first-order chi connectivity index (χ1) is 14.7. The van der Waals surface area contributed by atoms with Crippen LogP contribution in [0.25, 0.3) is 21.6 Å². The molecule has 0 saturated heterocycles. The predicted molar refractivity (Wildman–Crippen MR) is 120 cm³/mol. The minimum Gasteiger partial charge on any atom is -0.367 e. The fraction of sp³-hybridized carbons (Fsp3) is 0.174. The van der Waals surface area contributed by atoms with Crippen molar-refractivity contribution in [2.45, 2.75) is 12.5 Å². The van der Waals surface area contributed by atoms with Crippen LogP contribution in [-0.4, -0.2) is 34.2 Å². The number of fused-ring (bicyclic) bond motifs is 1.